The molecule has 5 nitrogen and oxygen atoms in total. The van der Waals surface area contributed by atoms with E-state index in [9.17, 15) is 4.79 Å². The Hall–Kier alpha value is -2.12. The molecule has 23 heavy (non-hydrogen) atoms. The number of fused-ring (bicyclic) bond motifs is 1. The van der Waals surface area contributed by atoms with Gasteiger partial charge in [0.15, 0.2) is 5.13 Å². The Morgan fingerprint density at radius 1 is 1.35 bits per heavy atom. The molecule has 0 radical (unpaired) electrons. The number of carbonyl (C=O) groups excluding carboxylic acids is 1. The van der Waals surface area contributed by atoms with E-state index in [1.165, 1.54) is 23.1 Å². The fourth-order valence-electron chi connectivity index (χ4n) is 1.97. The molecule has 0 aliphatic carbocycles. The van der Waals surface area contributed by atoms with Gasteiger partial charge in [0.2, 0.25) is 5.91 Å². The first-order chi connectivity index (χ1) is 11.2. The van der Waals surface area contributed by atoms with Crippen LogP contribution in [-0.2, 0) is 10.5 Å². The standard InChI is InChI=1S/C16H15N3O2S2/c1-21-12-5-6-13-14(8-12)23-16(18-13)19-15(20)10-22-9-11-4-2-3-7-17-11/h2-8H,9-10H2,1H3,(H,18,19,20). The molecule has 3 rings (SSSR count). The predicted molar refractivity (Wildman–Crippen MR) is 95.2 cm³/mol. The van der Waals surface area contributed by atoms with Gasteiger partial charge in [0.1, 0.15) is 5.75 Å². The topological polar surface area (TPSA) is 64.1 Å². The fraction of sp³-hybridized carbons (Fsp3) is 0.188. The lowest BCUT2D eigenvalue weighted by Gasteiger charge is -2.01. The van der Waals surface area contributed by atoms with E-state index >= 15 is 0 Å². The lowest BCUT2D eigenvalue weighted by Crippen LogP contribution is -2.13. The van der Waals surface area contributed by atoms with Gasteiger partial charge in [0.05, 0.1) is 28.8 Å². The van der Waals surface area contributed by atoms with E-state index in [0.29, 0.717) is 16.6 Å². The van der Waals surface area contributed by atoms with Crippen LogP contribution in [-0.4, -0.2) is 28.7 Å². The highest BCUT2D eigenvalue weighted by molar-refractivity contribution is 7.99. The molecule has 0 fully saturated rings. The molecule has 0 saturated carbocycles. The summed E-state index contributed by atoms with van der Waals surface area (Å²) >= 11 is 2.97. The first kappa shape index (κ1) is 15.8. The van der Waals surface area contributed by atoms with Crippen LogP contribution in [0, 0.1) is 0 Å². The van der Waals surface area contributed by atoms with Crippen molar-refractivity contribution in [1.29, 1.82) is 0 Å². The number of thiazole rings is 1. The summed E-state index contributed by atoms with van der Waals surface area (Å²) < 4.78 is 6.18. The number of hydrogen-bond acceptors (Lipinski definition) is 6. The molecule has 2 heterocycles. The number of benzene rings is 1. The Morgan fingerprint density at radius 3 is 3.04 bits per heavy atom. The van der Waals surface area contributed by atoms with Crippen LogP contribution < -0.4 is 10.1 Å². The molecular weight excluding hydrogens is 330 g/mol. The zero-order valence-corrected chi connectivity index (χ0v) is 14.1. The van der Waals surface area contributed by atoms with E-state index < -0.39 is 0 Å². The van der Waals surface area contributed by atoms with Crippen LogP contribution in [0.5, 0.6) is 5.75 Å². The van der Waals surface area contributed by atoms with Gasteiger partial charge in [0, 0.05) is 11.9 Å². The predicted octanol–water partition coefficient (Wildman–Crippen LogP) is 3.57. The first-order valence-electron chi connectivity index (χ1n) is 6.96. The van der Waals surface area contributed by atoms with Gasteiger partial charge in [-0.1, -0.05) is 17.4 Å². The van der Waals surface area contributed by atoms with Crippen LogP contribution >= 0.6 is 23.1 Å². The van der Waals surface area contributed by atoms with E-state index in [1.807, 2.05) is 36.4 Å². The third-order valence-corrected chi connectivity index (χ3v) is 4.95. The van der Waals surface area contributed by atoms with E-state index in [2.05, 4.69) is 15.3 Å². The number of anilines is 1. The second kappa shape index (κ2) is 7.43. The summed E-state index contributed by atoms with van der Waals surface area (Å²) in [6, 6.07) is 11.4. The maximum atomic E-state index is 12.0. The smallest absolute Gasteiger partial charge is 0.236 e. The highest BCUT2D eigenvalue weighted by Gasteiger charge is 2.09. The van der Waals surface area contributed by atoms with E-state index in [-0.39, 0.29) is 5.91 Å². The normalized spacial score (nSPS) is 10.7. The molecule has 1 N–H and O–H groups in total. The van der Waals surface area contributed by atoms with Gasteiger partial charge in [-0.3, -0.25) is 9.78 Å². The number of rotatable bonds is 6. The maximum absolute atomic E-state index is 12.0. The van der Waals surface area contributed by atoms with Crippen LogP contribution in [0.15, 0.2) is 42.6 Å². The third kappa shape index (κ3) is 4.20. The Kier molecular flexibility index (Phi) is 5.09. The molecule has 1 aromatic carbocycles. The molecule has 2 aromatic heterocycles. The van der Waals surface area contributed by atoms with Crippen molar-refractivity contribution in [2.75, 3.05) is 18.2 Å². The molecular formula is C16H15N3O2S2. The van der Waals surface area contributed by atoms with Crippen LogP contribution in [0.25, 0.3) is 10.2 Å². The molecule has 118 valence electrons. The number of hydrogen-bond donors (Lipinski definition) is 1. The quantitative estimate of drug-likeness (QED) is 0.740. The largest absolute Gasteiger partial charge is 0.497 e. The zero-order valence-electron chi connectivity index (χ0n) is 12.5. The SMILES string of the molecule is COc1ccc2nc(NC(=O)CSCc3ccccn3)sc2c1. The first-order valence-corrected chi connectivity index (χ1v) is 8.94. The van der Waals surface area contributed by atoms with Crippen molar-refractivity contribution in [3.63, 3.8) is 0 Å². The number of carbonyl (C=O) groups is 1. The molecule has 0 unspecified atom stereocenters. The molecule has 3 aromatic rings. The number of pyridine rings is 1. The highest BCUT2D eigenvalue weighted by Crippen LogP contribution is 2.29. The molecule has 1 amide bonds. The number of nitrogens with zero attached hydrogens (tertiary/aromatic N) is 2. The monoisotopic (exact) mass is 345 g/mol. The minimum Gasteiger partial charge on any atom is -0.497 e. The van der Waals surface area contributed by atoms with Crippen LogP contribution in [0.1, 0.15) is 5.69 Å². The van der Waals surface area contributed by atoms with Gasteiger partial charge >= 0.3 is 0 Å². The summed E-state index contributed by atoms with van der Waals surface area (Å²) in [5.41, 5.74) is 1.82. The average Bonchev–Trinajstić information content (AvgIpc) is 2.96. The number of methoxy groups -OCH3 is 1. The molecule has 0 aliphatic rings. The average molecular weight is 345 g/mol. The lowest BCUT2D eigenvalue weighted by molar-refractivity contribution is -0.113. The zero-order chi connectivity index (χ0) is 16.1. The molecule has 0 spiro atoms. The van der Waals surface area contributed by atoms with Gasteiger partial charge < -0.3 is 10.1 Å². The second-order valence-electron chi connectivity index (χ2n) is 4.71. The highest BCUT2D eigenvalue weighted by atomic mass is 32.2. The number of aromatic nitrogens is 2. The lowest BCUT2D eigenvalue weighted by atomic mass is 10.3. The van der Waals surface area contributed by atoms with Crippen molar-refractivity contribution in [1.82, 2.24) is 9.97 Å². The van der Waals surface area contributed by atoms with Crippen LogP contribution in [0.3, 0.4) is 0 Å². The number of ether oxygens (including phenoxy) is 1. The van der Waals surface area contributed by atoms with Gasteiger partial charge in [-0.25, -0.2) is 4.98 Å². The summed E-state index contributed by atoms with van der Waals surface area (Å²) in [4.78, 5) is 20.6. The van der Waals surface area contributed by atoms with Crippen molar-refractivity contribution in [3.05, 3.63) is 48.3 Å². The number of amides is 1. The van der Waals surface area contributed by atoms with Gasteiger partial charge in [0.25, 0.3) is 0 Å². The van der Waals surface area contributed by atoms with E-state index in [4.69, 9.17) is 4.74 Å². The van der Waals surface area contributed by atoms with E-state index in [0.717, 1.165) is 21.7 Å². The molecule has 7 heteroatoms. The van der Waals surface area contributed by atoms with Crippen LogP contribution in [0.2, 0.25) is 0 Å². The number of thioether (sulfide) groups is 1. The van der Waals surface area contributed by atoms with Crippen molar-refractivity contribution < 1.29 is 9.53 Å². The van der Waals surface area contributed by atoms with Crippen molar-refractivity contribution in [2.24, 2.45) is 0 Å². The van der Waals surface area contributed by atoms with Gasteiger partial charge in [-0.05, 0) is 30.3 Å². The summed E-state index contributed by atoms with van der Waals surface area (Å²) in [5.74, 6) is 1.81. The Labute approximate surface area is 142 Å². The minimum absolute atomic E-state index is 0.0584. The van der Waals surface area contributed by atoms with Crippen molar-refractivity contribution >= 4 is 44.4 Å². The third-order valence-electron chi connectivity index (χ3n) is 3.05. The number of nitrogens with one attached hydrogen (secondary N) is 1. The molecule has 0 bridgehead atoms. The van der Waals surface area contributed by atoms with Crippen molar-refractivity contribution in [3.8, 4) is 5.75 Å². The van der Waals surface area contributed by atoms with Gasteiger partial charge in [-0.15, -0.1) is 11.8 Å². The Balaban J connectivity index is 1.55. The van der Waals surface area contributed by atoms with E-state index in [1.54, 1.807) is 13.3 Å². The van der Waals surface area contributed by atoms with Crippen molar-refractivity contribution in [2.45, 2.75) is 5.75 Å². The summed E-state index contributed by atoms with van der Waals surface area (Å²) in [5, 5.41) is 3.45. The van der Waals surface area contributed by atoms with Gasteiger partial charge in [-0.2, -0.15) is 0 Å². The Morgan fingerprint density at radius 2 is 2.26 bits per heavy atom. The fourth-order valence-corrected chi connectivity index (χ4v) is 3.62. The minimum atomic E-state index is -0.0584. The molecule has 0 saturated heterocycles. The Bertz CT molecular complexity index is 805. The maximum Gasteiger partial charge on any atom is 0.236 e. The second-order valence-corrected chi connectivity index (χ2v) is 6.73. The summed E-state index contributed by atoms with van der Waals surface area (Å²) in [7, 11) is 1.63. The van der Waals surface area contributed by atoms with Crippen LogP contribution in [0.4, 0.5) is 5.13 Å². The molecule has 0 atom stereocenters. The molecule has 0 aliphatic heterocycles. The summed E-state index contributed by atoms with van der Waals surface area (Å²) in [6.45, 7) is 0. The summed E-state index contributed by atoms with van der Waals surface area (Å²) in [6.07, 6.45) is 1.76.